The van der Waals surface area contributed by atoms with Crippen molar-refractivity contribution in [3.8, 4) is 0 Å². The number of amides is 1. The van der Waals surface area contributed by atoms with Crippen molar-refractivity contribution in [2.24, 2.45) is 11.3 Å². The third kappa shape index (κ3) is 2.45. The molecule has 0 aromatic carbocycles. The minimum atomic E-state index is 0.299. The van der Waals surface area contributed by atoms with Crippen molar-refractivity contribution in [1.29, 1.82) is 0 Å². The fraction of sp³-hybridized carbons (Fsp3) is 0.765. The number of aromatic nitrogens is 2. The summed E-state index contributed by atoms with van der Waals surface area (Å²) in [5.41, 5.74) is 1.54. The Bertz CT molecular complexity index is 561. The highest BCUT2D eigenvalue weighted by Gasteiger charge is 2.58. The Morgan fingerprint density at radius 3 is 2.95 bits per heavy atom. The molecule has 1 aliphatic carbocycles. The molecule has 2 unspecified atom stereocenters. The number of carbonyl (C=O) groups excluding carboxylic acids is 1. The maximum atomic E-state index is 12.9. The minimum absolute atomic E-state index is 0.299. The lowest BCUT2D eigenvalue weighted by atomic mass is 9.91. The van der Waals surface area contributed by atoms with E-state index in [1.54, 1.807) is 0 Å². The Morgan fingerprint density at radius 2 is 2.23 bits per heavy atom. The zero-order valence-electron chi connectivity index (χ0n) is 13.4. The molecule has 1 aromatic heterocycles. The van der Waals surface area contributed by atoms with Gasteiger partial charge in [0, 0.05) is 25.2 Å². The number of rotatable bonds is 2. The lowest BCUT2D eigenvalue weighted by Gasteiger charge is -2.34. The normalized spacial score (nSPS) is 30.5. The third-order valence-electron chi connectivity index (χ3n) is 5.90. The molecule has 22 heavy (non-hydrogen) atoms. The van der Waals surface area contributed by atoms with Gasteiger partial charge >= 0.3 is 0 Å². The van der Waals surface area contributed by atoms with E-state index in [9.17, 15) is 4.79 Å². The fourth-order valence-corrected chi connectivity index (χ4v) is 4.40. The number of nitrogens with zero attached hydrogens (tertiary/aromatic N) is 3. The molecule has 3 heterocycles. The van der Waals surface area contributed by atoms with Gasteiger partial charge in [0.2, 0.25) is 5.91 Å². The first kappa shape index (κ1) is 14.2. The maximum Gasteiger partial charge on any atom is 0.226 e. The minimum Gasteiger partial charge on any atom is -0.340 e. The van der Waals surface area contributed by atoms with E-state index in [0.29, 0.717) is 23.3 Å². The van der Waals surface area contributed by atoms with Gasteiger partial charge < -0.3 is 10.2 Å². The van der Waals surface area contributed by atoms with E-state index in [-0.39, 0.29) is 0 Å². The van der Waals surface area contributed by atoms with Gasteiger partial charge in [-0.2, -0.15) is 5.10 Å². The molecule has 2 aliphatic heterocycles. The molecule has 1 saturated carbocycles. The van der Waals surface area contributed by atoms with Crippen LogP contribution in [0.15, 0.2) is 12.4 Å². The van der Waals surface area contributed by atoms with Crippen molar-refractivity contribution in [3.05, 3.63) is 18.0 Å². The molecule has 5 nitrogen and oxygen atoms in total. The predicted octanol–water partition coefficient (Wildman–Crippen LogP) is 1.74. The van der Waals surface area contributed by atoms with Gasteiger partial charge in [0.05, 0.1) is 12.2 Å². The summed E-state index contributed by atoms with van der Waals surface area (Å²) in [6, 6.07) is 0.356. The molecule has 5 heteroatoms. The first-order valence-corrected chi connectivity index (χ1v) is 8.68. The molecule has 1 aromatic rings. The van der Waals surface area contributed by atoms with Crippen molar-refractivity contribution < 1.29 is 4.79 Å². The quantitative estimate of drug-likeness (QED) is 0.905. The van der Waals surface area contributed by atoms with Crippen LogP contribution in [0.3, 0.4) is 0 Å². The van der Waals surface area contributed by atoms with Crippen LogP contribution in [0, 0.1) is 18.3 Å². The number of carbonyl (C=O) groups is 1. The monoisotopic (exact) mass is 302 g/mol. The summed E-state index contributed by atoms with van der Waals surface area (Å²) in [6.07, 6.45) is 9.71. The molecular weight excluding hydrogens is 276 g/mol. The molecule has 4 rings (SSSR count). The second-order valence-corrected chi connectivity index (χ2v) is 7.45. The van der Waals surface area contributed by atoms with Gasteiger partial charge in [0.15, 0.2) is 0 Å². The molecule has 1 N–H and O–H groups in total. The zero-order valence-corrected chi connectivity index (χ0v) is 13.4. The first-order valence-electron chi connectivity index (χ1n) is 8.68. The van der Waals surface area contributed by atoms with Gasteiger partial charge in [-0.25, -0.2) is 0 Å². The summed E-state index contributed by atoms with van der Waals surface area (Å²) in [5, 5.41) is 7.86. The Kier molecular flexibility index (Phi) is 3.48. The average molecular weight is 302 g/mol. The molecule has 3 fully saturated rings. The Hall–Kier alpha value is -1.36. The summed E-state index contributed by atoms with van der Waals surface area (Å²) in [6.45, 7) is 6.00. The number of hydrogen-bond acceptors (Lipinski definition) is 3. The molecule has 120 valence electrons. The van der Waals surface area contributed by atoms with Crippen LogP contribution < -0.4 is 5.32 Å². The van der Waals surface area contributed by atoms with Crippen LogP contribution in [-0.4, -0.2) is 46.8 Å². The van der Waals surface area contributed by atoms with E-state index in [2.05, 4.69) is 33.1 Å². The molecule has 0 bridgehead atoms. The summed E-state index contributed by atoms with van der Waals surface area (Å²) >= 11 is 0. The van der Waals surface area contributed by atoms with Crippen molar-refractivity contribution in [1.82, 2.24) is 20.0 Å². The van der Waals surface area contributed by atoms with Crippen molar-refractivity contribution >= 4 is 5.91 Å². The number of hydrogen-bond donors (Lipinski definition) is 1. The second-order valence-electron chi connectivity index (χ2n) is 7.45. The van der Waals surface area contributed by atoms with Crippen LogP contribution >= 0.6 is 0 Å². The van der Waals surface area contributed by atoms with E-state index >= 15 is 0 Å². The van der Waals surface area contributed by atoms with Gasteiger partial charge in [-0.15, -0.1) is 0 Å². The SMILES string of the molecule is Cc1cnn(C2CCCN(C(=O)C3CC34CCNCC4)C2)c1. The average Bonchev–Trinajstić information content (AvgIpc) is 3.04. The van der Waals surface area contributed by atoms with Crippen LogP contribution in [0.4, 0.5) is 0 Å². The molecule has 0 radical (unpaired) electrons. The molecule has 2 atom stereocenters. The molecule has 1 spiro atoms. The highest BCUT2D eigenvalue weighted by atomic mass is 16.2. The summed E-state index contributed by atoms with van der Waals surface area (Å²) < 4.78 is 2.06. The predicted molar refractivity (Wildman–Crippen MR) is 84.5 cm³/mol. The van der Waals surface area contributed by atoms with E-state index in [1.165, 1.54) is 18.4 Å². The Labute approximate surface area is 132 Å². The largest absolute Gasteiger partial charge is 0.340 e. The third-order valence-corrected chi connectivity index (χ3v) is 5.90. The summed E-state index contributed by atoms with van der Waals surface area (Å²) in [4.78, 5) is 15.0. The number of aryl methyl sites for hydroxylation is 1. The van der Waals surface area contributed by atoms with Gasteiger partial charge in [-0.1, -0.05) is 0 Å². The summed E-state index contributed by atoms with van der Waals surface area (Å²) in [5.74, 6) is 0.711. The molecule has 3 aliphatic rings. The topological polar surface area (TPSA) is 50.2 Å². The van der Waals surface area contributed by atoms with Crippen LogP contribution in [0.1, 0.15) is 43.7 Å². The molecule has 2 saturated heterocycles. The Balaban J connectivity index is 1.41. The summed E-state index contributed by atoms with van der Waals surface area (Å²) in [7, 11) is 0. The van der Waals surface area contributed by atoms with Crippen LogP contribution in [-0.2, 0) is 4.79 Å². The van der Waals surface area contributed by atoms with Gasteiger partial charge in [0.1, 0.15) is 0 Å². The van der Waals surface area contributed by atoms with Gasteiger partial charge in [0.25, 0.3) is 0 Å². The van der Waals surface area contributed by atoms with Crippen molar-refractivity contribution in [3.63, 3.8) is 0 Å². The second kappa shape index (κ2) is 5.37. The van der Waals surface area contributed by atoms with Crippen LogP contribution in [0.2, 0.25) is 0 Å². The molecule has 1 amide bonds. The maximum absolute atomic E-state index is 12.9. The fourth-order valence-electron chi connectivity index (χ4n) is 4.40. The Morgan fingerprint density at radius 1 is 1.41 bits per heavy atom. The highest BCUT2D eigenvalue weighted by Crippen LogP contribution is 2.59. The zero-order chi connectivity index (χ0) is 15.2. The van der Waals surface area contributed by atoms with Crippen molar-refractivity contribution in [2.45, 2.75) is 45.1 Å². The van der Waals surface area contributed by atoms with E-state index in [4.69, 9.17) is 0 Å². The van der Waals surface area contributed by atoms with Crippen LogP contribution in [0.5, 0.6) is 0 Å². The number of likely N-dealkylation sites (tertiary alicyclic amines) is 1. The molecular formula is C17H26N4O. The lowest BCUT2D eigenvalue weighted by molar-refractivity contribution is -0.135. The lowest BCUT2D eigenvalue weighted by Crippen LogP contribution is -2.43. The van der Waals surface area contributed by atoms with Gasteiger partial charge in [-0.05, 0) is 63.1 Å². The number of nitrogens with one attached hydrogen (secondary N) is 1. The van der Waals surface area contributed by atoms with Crippen LogP contribution in [0.25, 0.3) is 0 Å². The number of piperidine rings is 2. The standard InChI is InChI=1S/C17H26N4O/c1-13-10-19-21(11-13)14-3-2-8-20(12-14)16(22)15-9-17(15)4-6-18-7-5-17/h10-11,14-15,18H,2-9,12H2,1H3. The smallest absolute Gasteiger partial charge is 0.226 e. The first-order chi connectivity index (χ1) is 10.7. The van der Waals surface area contributed by atoms with Gasteiger partial charge in [-0.3, -0.25) is 9.48 Å². The van der Waals surface area contributed by atoms with E-state index in [1.807, 2.05) is 6.20 Å². The van der Waals surface area contributed by atoms with Crippen molar-refractivity contribution in [2.75, 3.05) is 26.2 Å². The highest BCUT2D eigenvalue weighted by molar-refractivity contribution is 5.83. The van der Waals surface area contributed by atoms with E-state index in [0.717, 1.165) is 45.4 Å². The van der Waals surface area contributed by atoms with E-state index < -0.39 is 0 Å².